The molecule has 1 aromatic heterocycles. The van der Waals surface area contributed by atoms with Crippen molar-refractivity contribution in [2.24, 2.45) is 7.05 Å². The van der Waals surface area contributed by atoms with Crippen molar-refractivity contribution >= 4 is 12.6 Å². The van der Waals surface area contributed by atoms with Gasteiger partial charge in [0, 0.05) is 24.5 Å². The molecule has 1 aliphatic rings. The van der Waals surface area contributed by atoms with Crippen molar-refractivity contribution in [2.45, 2.75) is 45.8 Å². The summed E-state index contributed by atoms with van der Waals surface area (Å²) in [6.45, 7) is 10.3. The van der Waals surface area contributed by atoms with E-state index in [2.05, 4.69) is 68.4 Å². The zero-order valence-electron chi connectivity index (χ0n) is 14.2. The first-order valence-corrected chi connectivity index (χ1v) is 7.65. The number of aromatic nitrogens is 2. The van der Waals surface area contributed by atoms with Crippen molar-refractivity contribution in [1.29, 1.82) is 0 Å². The fourth-order valence-electron chi connectivity index (χ4n) is 2.53. The van der Waals surface area contributed by atoms with E-state index in [1.165, 1.54) is 0 Å². The second kappa shape index (κ2) is 4.96. The van der Waals surface area contributed by atoms with Crippen molar-refractivity contribution < 1.29 is 9.31 Å². The highest BCUT2D eigenvalue weighted by Crippen LogP contribution is 2.36. The summed E-state index contributed by atoms with van der Waals surface area (Å²) in [6.07, 6.45) is 1.89. The molecule has 2 heterocycles. The van der Waals surface area contributed by atoms with Crippen LogP contribution in [0.5, 0.6) is 0 Å². The van der Waals surface area contributed by atoms with Crippen LogP contribution in [0.3, 0.4) is 0 Å². The van der Waals surface area contributed by atoms with E-state index >= 15 is 0 Å². The van der Waals surface area contributed by atoms with Crippen LogP contribution in [-0.2, 0) is 16.4 Å². The SMILES string of the molecule is Cc1cnc(-c2ccc(B3OC(C)(C)C(C)(C)O3)cc2)n1C. The molecule has 5 heteroatoms. The van der Waals surface area contributed by atoms with Crippen LogP contribution in [0, 0.1) is 6.92 Å². The number of hydrogen-bond acceptors (Lipinski definition) is 3. The topological polar surface area (TPSA) is 36.3 Å². The smallest absolute Gasteiger partial charge is 0.399 e. The van der Waals surface area contributed by atoms with Gasteiger partial charge in [0.05, 0.1) is 11.2 Å². The molecule has 1 aliphatic heterocycles. The van der Waals surface area contributed by atoms with E-state index in [0.717, 1.165) is 22.5 Å². The second-order valence-electron chi connectivity index (χ2n) is 6.99. The van der Waals surface area contributed by atoms with E-state index in [9.17, 15) is 0 Å². The van der Waals surface area contributed by atoms with Crippen LogP contribution < -0.4 is 5.46 Å². The van der Waals surface area contributed by atoms with E-state index in [-0.39, 0.29) is 18.3 Å². The highest BCUT2D eigenvalue weighted by atomic mass is 16.7. The Balaban J connectivity index is 1.86. The normalized spacial score (nSPS) is 19.6. The highest BCUT2D eigenvalue weighted by Gasteiger charge is 2.51. The average molecular weight is 298 g/mol. The third-order valence-electron chi connectivity index (χ3n) is 4.91. The minimum Gasteiger partial charge on any atom is -0.399 e. The summed E-state index contributed by atoms with van der Waals surface area (Å²) in [5.41, 5.74) is 2.65. The van der Waals surface area contributed by atoms with Crippen LogP contribution in [-0.4, -0.2) is 27.9 Å². The summed E-state index contributed by atoms with van der Waals surface area (Å²) >= 11 is 0. The Bertz CT molecular complexity index is 673. The molecule has 22 heavy (non-hydrogen) atoms. The molecule has 116 valence electrons. The molecular weight excluding hydrogens is 275 g/mol. The van der Waals surface area contributed by atoms with Crippen molar-refractivity contribution in [3.8, 4) is 11.4 Å². The molecular formula is C17H23BN2O2. The van der Waals surface area contributed by atoms with Gasteiger partial charge in [-0.15, -0.1) is 0 Å². The number of benzene rings is 1. The highest BCUT2D eigenvalue weighted by molar-refractivity contribution is 6.62. The van der Waals surface area contributed by atoms with Crippen LogP contribution >= 0.6 is 0 Å². The predicted molar refractivity (Wildman–Crippen MR) is 89.1 cm³/mol. The molecule has 2 aromatic rings. The number of imidazole rings is 1. The number of rotatable bonds is 2. The first-order chi connectivity index (χ1) is 10.2. The molecule has 3 rings (SSSR count). The molecule has 0 saturated carbocycles. The van der Waals surface area contributed by atoms with Gasteiger partial charge in [0.2, 0.25) is 0 Å². The molecule has 1 aromatic carbocycles. The third kappa shape index (κ3) is 2.38. The molecule has 0 spiro atoms. The van der Waals surface area contributed by atoms with E-state index < -0.39 is 0 Å². The summed E-state index contributed by atoms with van der Waals surface area (Å²) in [4.78, 5) is 4.46. The lowest BCUT2D eigenvalue weighted by Gasteiger charge is -2.32. The van der Waals surface area contributed by atoms with Gasteiger partial charge in [0.1, 0.15) is 5.82 Å². The van der Waals surface area contributed by atoms with Gasteiger partial charge >= 0.3 is 7.12 Å². The average Bonchev–Trinajstić information content (AvgIpc) is 2.88. The molecule has 0 bridgehead atoms. The molecule has 0 unspecified atom stereocenters. The summed E-state index contributed by atoms with van der Waals surface area (Å²) in [7, 11) is 1.71. The van der Waals surface area contributed by atoms with E-state index in [4.69, 9.17) is 9.31 Å². The standard InChI is InChI=1S/C17H23BN2O2/c1-12-11-19-15(20(12)6)13-7-9-14(10-8-13)18-21-16(2,3)17(4,5)22-18/h7-11H,1-6H3. The van der Waals surface area contributed by atoms with Crippen molar-refractivity contribution in [1.82, 2.24) is 9.55 Å². The quantitative estimate of drug-likeness (QED) is 0.800. The van der Waals surface area contributed by atoms with Crippen molar-refractivity contribution in [2.75, 3.05) is 0 Å². The van der Waals surface area contributed by atoms with Crippen molar-refractivity contribution in [3.05, 3.63) is 36.2 Å². The third-order valence-corrected chi connectivity index (χ3v) is 4.91. The maximum absolute atomic E-state index is 6.08. The maximum atomic E-state index is 6.08. The lowest BCUT2D eigenvalue weighted by Crippen LogP contribution is -2.41. The van der Waals surface area contributed by atoms with Gasteiger partial charge < -0.3 is 13.9 Å². The Kier molecular flexibility index (Phi) is 3.46. The van der Waals surface area contributed by atoms with Crippen molar-refractivity contribution in [3.63, 3.8) is 0 Å². The molecule has 1 fully saturated rings. The zero-order chi connectivity index (χ0) is 16.1. The number of nitrogens with zero attached hydrogens (tertiary/aromatic N) is 2. The first kappa shape index (κ1) is 15.3. The Hall–Kier alpha value is -1.59. The molecule has 1 saturated heterocycles. The zero-order valence-corrected chi connectivity index (χ0v) is 14.2. The fourth-order valence-corrected chi connectivity index (χ4v) is 2.53. The van der Waals surface area contributed by atoms with Gasteiger partial charge in [-0.2, -0.15) is 0 Å². The summed E-state index contributed by atoms with van der Waals surface area (Å²) < 4.78 is 14.2. The number of aryl methyl sites for hydroxylation is 1. The van der Waals surface area contributed by atoms with E-state index in [1.54, 1.807) is 0 Å². The van der Waals surface area contributed by atoms with Gasteiger partial charge in [-0.3, -0.25) is 0 Å². The Morgan fingerprint density at radius 2 is 1.55 bits per heavy atom. The lowest BCUT2D eigenvalue weighted by molar-refractivity contribution is 0.00578. The van der Waals surface area contributed by atoms with Gasteiger partial charge in [0.15, 0.2) is 0 Å². The molecule has 4 nitrogen and oxygen atoms in total. The largest absolute Gasteiger partial charge is 0.494 e. The van der Waals surface area contributed by atoms with Crippen LogP contribution in [0.25, 0.3) is 11.4 Å². The van der Waals surface area contributed by atoms with Gasteiger partial charge in [-0.05, 0) is 40.1 Å². The minimum atomic E-state index is -0.317. The van der Waals surface area contributed by atoms with Gasteiger partial charge in [-0.1, -0.05) is 24.3 Å². The molecule has 0 atom stereocenters. The fraction of sp³-hybridized carbons (Fsp3) is 0.471. The van der Waals surface area contributed by atoms with Crippen LogP contribution in [0.4, 0.5) is 0 Å². The monoisotopic (exact) mass is 298 g/mol. The predicted octanol–water partition coefficient (Wildman–Crippen LogP) is 2.69. The Labute approximate surface area is 132 Å². The van der Waals surface area contributed by atoms with Crippen LogP contribution in [0.1, 0.15) is 33.4 Å². The summed E-state index contributed by atoms with van der Waals surface area (Å²) in [5.74, 6) is 0.970. The van der Waals surface area contributed by atoms with Gasteiger partial charge in [-0.25, -0.2) is 4.98 Å². The van der Waals surface area contributed by atoms with Gasteiger partial charge in [0.25, 0.3) is 0 Å². The van der Waals surface area contributed by atoms with Crippen LogP contribution in [0.2, 0.25) is 0 Å². The van der Waals surface area contributed by atoms with E-state index in [1.807, 2.05) is 13.2 Å². The maximum Gasteiger partial charge on any atom is 0.494 e. The lowest BCUT2D eigenvalue weighted by atomic mass is 9.79. The second-order valence-corrected chi connectivity index (χ2v) is 6.99. The molecule has 0 N–H and O–H groups in total. The summed E-state index contributed by atoms with van der Waals surface area (Å²) in [6, 6.07) is 8.26. The van der Waals surface area contributed by atoms with Crippen LogP contribution in [0.15, 0.2) is 30.5 Å². The first-order valence-electron chi connectivity index (χ1n) is 7.65. The molecule has 0 amide bonds. The number of hydrogen-bond donors (Lipinski definition) is 0. The summed E-state index contributed by atoms with van der Waals surface area (Å²) in [5, 5.41) is 0. The molecule has 0 aliphatic carbocycles. The molecule has 0 radical (unpaired) electrons. The minimum absolute atomic E-state index is 0.312. The Morgan fingerprint density at radius 3 is 2.00 bits per heavy atom. The Morgan fingerprint density at radius 1 is 1.00 bits per heavy atom. The van der Waals surface area contributed by atoms with E-state index in [0.29, 0.717) is 0 Å².